The lowest BCUT2D eigenvalue weighted by Gasteiger charge is -2.03. The molecule has 8 heteroatoms. The number of benzene rings is 2. The molecule has 6 nitrogen and oxygen atoms in total. The zero-order chi connectivity index (χ0) is 19.9. The summed E-state index contributed by atoms with van der Waals surface area (Å²) in [5, 5.41) is 8.54. The van der Waals surface area contributed by atoms with Crippen molar-refractivity contribution in [2.24, 2.45) is 10.3 Å². The molecule has 0 bridgehead atoms. The second-order valence-electron chi connectivity index (χ2n) is 5.47. The van der Waals surface area contributed by atoms with E-state index in [1.54, 1.807) is 48.6 Å². The third-order valence-corrected chi connectivity index (χ3v) is 3.98. The molecule has 0 aliphatic heterocycles. The molecular formula is C20H12Cl2N2O4. The molecule has 0 saturated carbocycles. The monoisotopic (exact) mass is 414 g/mol. The summed E-state index contributed by atoms with van der Waals surface area (Å²) in [5.74, 6) is -1.22. The lowest BCUT2D eigenvalue weighted by Crippen LogP contribution is -2.06. The molecule has 0 fully saturated rings. The number of hydrogen-bond donors (Lipinski definition) is 0. The van der Waals surface area contributed by atoms with Gasteiger partial charge in [0.1, 0.15) is 11.4 Å². The third kappa shape index (κ3) is 5.39. The van der Waals surface area contributed by atoms with Crippen LogP contribution in [-0.2, 0) is 9.68 Å². The highest BCUT2D eigenvalue weighted by Gasteiger charge is 2.09. The molecule has 0 amide bonds. The minimum Gasteiger partial charge on any atom is -0.312 e. The van der Waals surface area contributed by atoms with E-state index < -0.39 is 11.9 Å². The van der Waals surface area contributed by atoms with E-state index in [0.29, 0.717) is 32.6 Å². The number of carbonyl (C=O) groups excluding carboxylic acids is 2. The Labute approximate surface area is 170 Å². The molecule has 0 heterocycles. The van der Waals surface area contributed by atoms with E-state index in [4.69, 9.17) is 32.9 Å². The lowest BCUT2D eigenvalue weighted by molar-refractivity contribution is 0.0508. The fourth-order valence-corrected chi connectivity index (χ4v) is 2.29. The van der Waals surface area contributed by atoms with Crippen molar-refractivity contribution in [1.29, 1.82) is 0 Å². The summed E-state index contributed by atoms with van der Waals surface area (Å²) < 4.78 is 0. The summed E-state index contributed by atoms with van der Waals surface area (Å²) in [4.78, 5) is 33.5. The van der Waals surface area contributed by atoms with E-state index >= 15 is 0 Å². The van der Waals surface area contributed by atoms with Crippen LogP contribution in [0.3, 0.4) is 0 Å². The summed E-state index contributed by atoms with van der Waals surface area (Å²) in [7, 11) is 0. The Balaban J connectivity index is 1.55. The molecular weight excluding hydrogens is 403 g/mol. The molecule has 3 rings (SSSR count). The van der Waals surface area contributed by atoms with Gasteiger partial charge in [0.25, 0.3) is 0 Å². The molecule has 140 valence electrons. The summed E-state index contributed by atoms with van der Waals surface area (Å²) in [6, 6.07) is 12.5. The van der Waals surface area contributed by atoms with Crippen LogP contribution in [0.25, 0.3) is 0 Å². The third-order valence-electron chi connectivity index (χ3n) is 3.48. The van der Waals surface area contributed by atoms with Crippen molar-refractivity contribution in [2.75, 3.05) is 0 Å². The maximum Gasteiger partial charge on any atom is 0.365 e. The van der Waals surface area contributed by atoms with E-state index in [2.05, 4.69) is 10.3 Å². The van der Waals surface area contributed by atoms with Crippen LogP contribution in [0.15, 0.2) is 83.1 Å². The molecule has 1 aliphatic carbocycles. The Kier molecular flexibility index (Phi) is 6.37. The largest absolute Gasteiger partial charge is 0.365 e. The van der Waals surface area contributed by atoms with Crippen molar-refractivity contribution in [1.82, 2.24) is 0 Å². The number of rotatable bonds is 4. The van der Waals surface area contributed by atoms with Crippen LogP contribution in [0.1, 0.15) is 20.7 Å². The number of oxime groups is 2. The first-order chi connectivity index (χ1) is 13.5. The number of nitrogens with zero attached hydrogens (tertiary/aromatic N) is 2. The van der Waals surface area contributed by atoms with Crippen molar-refractivity contribution in [3.8, 4) is 0 Å². The van der Waals surface area contributed by atoms with Gasteiger partial charge in [-0.2, -0.15) is 0 Å². The average Bonchev–Trinajstić information content (AvgIpc) is 2.72. The van der Waals surface area contributed by atoms with Crippen molar-refractivity contribution in [3.05, 3.63) is 94.0 Å². The highest BCUT2D eigenvalue weighted by molar-refractivity contribution is 6.31. The minimum atomic E-state index is -0.609. The molecule has 28 heavy (non-hydrogen) atoms. The molecule has 1 aliphatic rings. The van der Waals surface area contributed by atoms with Crippen LogP contribution in [-0.4, -0.2) is 23.4 Å². The first kappa shape index (κ1) is 19.5. The van der Waals surface area contributed by atoms with E-state index in [1.165, 1.54) is 24.3 Å². The van der Waals surface area contributed by atoms with E-state index in [9.17, 15) is 9.59 Å². The second kappa shape index (κ2) is 9.12. The predicted octanol–water partition coefficient (Wildman–Crippen LogP) is 4.85. The van der Waals surface area contributed by atoms with Crippen molar-refractivity contribution in [3.63, 3.8) is 0 Å². The fourth-order valence-electron chi connectivity index (χ4n) is 2.04. The highest BCUT2D eigenvalue weighted by Crippen LogP contribution is 2.12. The number of allylic oxidation sites excluding steroid dienone is 4. The Morgan fingerprint density at radius 1 is 0.607 bits per heavy atom. The zero-order valence-corrected chi connectivity index (χ0v) is 15.7. The number of halogens is 2. The Bertz CT molecular complexity index is 908. The van der Waals surface area contributed by atoms with Gasteiger partial charge in [-0.1, -0.05) is 33.5 Å². The Morgan fingerprint density at radius 2 is 0.929 bits per heavy atom. The Hall–Kier alpha value is -3.22. The number of hydrogen-bond acceptors (Lipinski definition) is 6. The van der Waals surface area contributed by atoms with Gasteiger partial charge in [0.05, 0.1) is 11.1 Å². The van der Waals surface area contributed by atoms with Crippen molar-refractivity contribution in [2.45, 2.75) is 0 Å². The maximum atomic E-state index is 11.9. The summed E-state index contributed by atoms with van der Waals surface area (Å²) >= 11 is 11.5. The summed E-state index contributed by atoms with van der Waals surface area (Å²) in [6.45, 7) is 0. The first-order valence-electron chi connectivity index (χ1n) is 7.97. The fraction of sp³-hybridized carbons (Fsp3) is 0. The number of carbonyl (C=O) groups is 2. The van der Waals surface area contributed by atoms with Gasteiger partial charge in [0.15, 0.2) is 0 Å². The van der Waals surface area contributed by atoms with Gasteiger partial charge in [-0.05, 0) is 72.8 Å². The zero-order valence-electron chi connectivity index (χ0n) is 14.2. The van der Waals surface area contributed by atoms with Crippen LogP contribution >= 0.6 is 23.2 Å². The average molecular weight is 415 g/mol. The highest BCUT2D eigenvalue weighted by atomic mass is 35.5. The van der Waals surface area contributed by atoms with E-state index in [1.807, 2.05) is 0 Å². The maximum absolute atomic E-state index is 11.9. The van der Waals surface area contributed by atoms with Crippen LogP contribution in [0, 0.1) is 0 Å². The van der Waals surface area contributed by atoms with Gasteiger partial charge >= 0.3 is 11.9 Å². The van der Waals surface area contributed by atoms with Gasteiger partial charge in [-0.15, -0.1) is 0 Å². The Morgan fingerprint density at radius 3 is 1.25 bits per heavy atom. The standard InChI is InChI=1S/C20H12Cl2N2O4/c21-15-5-1-13(2-6-15)19(25)27-23-17-9-11-18(12-10-17)24-28-20(26)14-3-7-16(22)8-4-14/h1-12H. The molecule has 0 spiro atoms. The van der Waals surface area contributed by atoms with Crippen LogP contribution in [0.4, 0.5) is 0 Å². The van der Waals surface area contributed by atoms with Gasteiger partial charge < -0.3 is 9.68 Å². The molecule has 0 aromatic heterocycles. The van der Waals surface area contributed by atoms with E-state index in [0.717, 1.165) is 0 Å². The molecule has 0 saturated heterocycles. The molecule has 2 aromatic rings. The molecule has 0 radical (unpaired) electrons. The van der Waals surface area contributed by atoms with Gasteiger partial charge in [-0.25, -0.2) is 9.59 Å². The summed E-state index contributed by atoms with van der Waals surface area (Å²) in [5.41, 5.74) is 1.44. The molecule has 0 N–H and O–H groups in total. The van der Waals surface area contributed by atoms with Crippen LogP contribution < -0.4 is 0 Å². The van der Waals surface area contributed by atoms with Crippen molar-refractivity contribution >= 4 is 46.6 Å². The van der Waals surface area contributed by atoms with Crippen molar-refractivity contribution < 1.29 is 19.3 Å². The second-order valence-corrected chi connectivity index (χ2v) is 6.34. The van der Waals surface area contributed by atoms with Gasteiger partial charge in [0, 0.05) is 10.0 Å². The smallest absolute Gasteiger partial charge is 0.312 e. The first-order valence-corrected chi connectivity index (χ1v) is 8.73. The topological polar surface area (TPSA) is 77.3 Å². The molecule has 0 unspecified atom stereocenters. The summed E-state index contributed by atoms with van der Waals surface area (Å²) in [6.07, 6.45) is 6.24. The van der Waals surface area contributed by atoms with Gasteiger partial charge in [0.2, 0.25) is 0 Å². The molecule has 0 atom stereocenters. The lowest BCUT2D eigenvalue weighted by atomic mass is 10.1. The molecule has 2 aromatic carbocycles. The SMILES string of the molecule is O=C(ON=C1C=CC(=NOC(=O)c2ccc(Cl)cc2)C=C1)c1ccc(Cl)cc1. The van der Waals surface area contributed by atoms with Crippen LogP contribution in [0.2, 0.25) is 10.0 Å². The van der Waals surface area contributed by atoms with Gasteiger partial charge in [-0.3, -0.25) is 0 Å². The predicted molar refractivity (Wildman–Crippen MR) is 107 cm³/mol. The normalized spacial score (nSPS) is 12.5. The minimum absolute atomic E-state index is 0.328. The van der Waals surface area contributed by atoms with E-state index in [-0.39, 0.29) is 0 Å². The quantitative estimate of drug-likeness (QED) is 0.407. The van der Waals surface area contributed by atoms with Crippen LogP contribution in [0.5, 0.6) is 0 Å².